The highest BCUT2D eigenvalue weighted by atomic mass is 19.1. The minimum atomic E-state index is -1.03. The van der Waals surface area contributed by atoms with Gasteiger partial charge in [0.05, 0.1) is 24.0 Å². The number of hydrogen-bond donors (Lipinski definition) is 3. The van der Waals surface area contributed by atoms with E-state index in [4.69, 9.17) is 14.7 Å². The molecular weight excluding hydrogens is 537 g/mol. The number of para-hydroxylation sites is 1. The molecule has 42 heavy (non-hydrogen) atoms. The van der Waals surface area contributed by atoms with Crippen LogP contribution in [0.25, 0.3) is 22.3 Å². The Morgan fingerprint density at radius 1 is 1.19 bits per heavy atom. The van der Waals surface area contributed by atoms with Crippen LogP contribution in [-0.4, -0.2) is 53.5 Å². The summed E-state index contributed by atoms with van der Waals surface area (Å²) in [6.07, 6.45) is 7.40. The van der Waals surface area contributed by atoms with Crippen LogP contribution in [0, 0.1) is 12.7 Å². The molecule has 2 atom stereocenters. The number of nitrogens with zero attached hydrogens (tertiary/aromatic N) is 6. The third-order valence-corrected chi connectivity index (χ3v) is 7.53. The van der Waals surface area contributed by atoms with Gasteiger partial charge in [-0.25, -0.2) is 24.0 Å². The summed E-state index contributed by atoms with van der Waals surface area (Å²) in [7, 11) is 1.56. The van der Waals surface area contributed by atoms with E-state index in [-0.39, 0.29) is 11.9 Å². The number of amides is 1. The molecule has 1 aromatic carbocycles. The van der Waals surface area contributed by atoms with Crippen molar-refractivity contribution >= 4 is 34.0 Å². The summed E-state index contributed by atoms with van der Waals surface area (Å²) in [4.78, 5) is 27.5. The number of hydrogen-bond acceptors (Lipinski definition) is 8. The zero-order valence-corrected chi connectivity index (χ0v) is 23.4. The van der Waals surface area contributed by atoms with Gasteiger partial charge in [0.25, 0.3) is 5.91 Å². The van der Waals surface area contributed by atoms with E-state index in [2.05, 4.69) is 30.9 Å². The topological polar surface area (TPSA) is 136 Å². The first kappa shape index (κ1) is 27.2. The van der Waals surface area contributed by atoms with E-state index in [0.717, 1.165) is 33.9 Å². The fourth-order valence-corrected chi connectivity index (χ4v) is 5.06. The van der Waals surface area contributed by atoms with Crippen molar-refractivity contribution in [3.05, 3.63) is 90.0 Å². The number of halogens is 1. The molecule has 1 unspecified atom stereocenters. The van der Waals surface area contributed by atoms with Crippen LogP contribution in [0.5, 0.6) is 0 Å². The van der Waals surface area contributed by atoms with Gasteiger partial charge in [0.2, 0.25) is 0 Å². The van der Waals surface area contributed by atoms with Gasteiger partial charge in [-0.2, -0.15) is 10.2 Å². The number of carbonyl (C=O) groups is 1. The molecule has 1 aliphatic rings. The first-order valence-corrected chi connectivity index (χ1v) is 13.6. The van der Waals surface area contributed by atoms with Gasteiger partial charge in [0, 0.05) is 36.9 Å². The predicted molar refractivity (Wildman–Crippen MR) is 156 cm³/mol. The number of nitrogens with one attached hydrogen (secondary N) is 3. The maximum atomic E-state index is 13.5. The molecule has 3 N–H and O–H groups in total. The lowest BCUT2D eigenvalue weighted by atomic mass is 9.83. The minimum absolute atomic E-state index is 0.207. The fraction of sp³-hybridized carbons (Fsp3) is 0.267. The molecule has 1 amide bonds. The van der Waals surface area contributed by atoms with Crippen LogP contribution in [0.1, 0.15) is 49.3 Å². The second-order valence-electron chi connectivity index (χ2n) is 10.4. The van der Waals surface area contributed by atoms with Crippen molar-refractivity contribution in [1.29, 1.82) is 0 Å². The van der Waals surface area contributed by atoms with E-state index < -0.39 is 11.4 Å². The van der Waals surface area contributed by atoms with Crippen LogP contribution in [0.15, 0.2) is 67.1 Å². The minimum Gasteiger partial charge on any atom is -0.368 e. The number of carbonyl (C=O) groups excluding carboxylic acids is 1. The van der Waals surface area contributed by atoms with Gasteiger partial charge < -0.3 is 15.4 Å². The van der Waals surface area contributed by atoms with E-state index >= 15 is 0 Å². The molecule has 5 aromatic rings. The van der Waals surface area contributed by atoms with Crippen molar-refractivity contribution in [2.45, 2.75) is 44.8 Å². The number of methoxy groups -OCH3 is 1. The van der Waals surface area contributed by atoms with Crippen molar-refractivity contribution in [3.8, 4) is 5.82 Å². The van der Waals surface area contributed by atoms with Gasteiger partial charge in [0.15, 0.2) is 23.3 Å². The molecule has 0 aliphatic heterocycles. The van der Waals surface area contributed by atoms with Gasteiger partial charge in [-0.3, -0.25) is 9.89 Å². The average molecular weight is 568 g/mol. The van der Waals surface area contributed by atoms with Crippen LogP contribution >= 0.6 is 0 Å². The van der Waals surface area contributed by atoms with Crippen LogP contribution in [0.2, 0.25) is 0 Å². The summed E-state index contributed by atoms with van der Waals surface area (Å²) in [5, 5.41) is 18.4. The fourth-order valence-electron chi connectivity index (χ4n) is 5.06. The summed E-state index contributed by atoms with van der Waals surface area (Å²) >= 11 is 0. The Morgan fingerprint density at radius 3 is 2.71 bits per heavy atom. The lowest BCUT2D eigenvalue weighted by Crippen LogP contribution is -2.49. The Morgan fingerprint density at radius 2 is 2.05 bits per heavy atom. The van der Waals surface area contributed by atoms with E-state index in [9.17, 15) is 9.18 Å². The number of benzene rings is 1. The van der Waals surface area contributed by atoms with Gasteiger partial charge in [-0.05, 0) is 56.0 Å². The number of aromatic nitrogens is 7. The molecular formula is C30H30FN9O2. The summed E-state index contributed by atoms with van der Waals surface area (Å²) in [5.74, 6) is 1.77. The number of allylic oxidation sites excluding steroid dienone is 1. The molecule has 214 valence electrons. The molecule has 0 fully saturated rings. The molecule has 0 saturated heterocycles. The van der Waals surface area contributed by atoms with Crippen molar-refractivity contribution < 1.29 is 13.9 Å². The van der Waals surface area contributed by atoms with Crippen LogP contribution in [-0.2, 0) is 9.53 Å². The first-order valence-electron chi connectivity index (χ1n) is 13.6. The maximum absolute atomic E-state index is 13.5. The third kappa shape index (κ3) is 5.36. The molecule has 0 bridgehead atoms. The zero-order valence-electron chi connectivity index (χ0n) is 23.4. The van der Waals surface area contributed by atoms with Gasteiger partial charge in [0.1, 0.15) is 11.4 Å². The van der Waals surface area contributed by atoms with E-state index in [1.807, 2.05) is 56.3 Å². The lowest BCUT2D eigenvalue weighted by molar-refractivity contribution is -0.145. The second kappa shape index (κ2) is 11.1. The smallest absolute Gasteiger partial charge is 0.253 e. The number of ether oxygens (including phenoxy) is 1. The van der Waals surface area contributed by atoms with Crippen LogP contribution in [0.3, 0.4) is 0 Å². The standard InChI is InChI=1S/C30H30FN9O2/c1-18-14-25(39-38-18)36-28-23-6-4-5-7-24(23)35-27(37-28)20-10-12-30(42-3,13-11-20)29(41)34-19(2)21-8-9-26(32-15-21)40-17-22(31)16-33-40/h4-10,14-17,19H,11-13H2,1-3H3,(H,34,41)(H2,35,36,37,38,39)/t19-,30?/m0/s1. The summed E-state index contributed by atoms with van der Waals surface area (Å²) in [5.41, 5.74) is 2.47. The molecule has 11 nitrogen and oxygen atoms in total. The Balaban J connectivity index is 1.19. The predicted octanol–water partition coefficient (Wildman–Crippen LogP) is 4.95. The molecule has 0 spiro atoms. The summed E-state index contributed by atoms with van der Waals surface area (Å²) < 4.78 is 20.5. The van der Waals surface area contributed by atoms with Crippen molar-refractivity contribution in [3.63, 3.8) is 0 Å². The first-order chi connectivity index (χ1) is 20.3. The van der Waals surface area contributed by atoms with Crippen LogP contribution < -0.4 is 10.6 Å². The highest BCUT2D eigenvalue weighted by Gasteiger charge is 2.40. The Kier molecular flexibility index (Phi) is 7.21. The Labute approximate surface area is 241 Å². The number of anilines is 2. The molecule has 4 aromatic heterocycles. The maximum Gasteiger partial charge on any atom is 0.253 e. The van der Waals surface area contributed by atoms with Gasteiger partial charge >= 0.3 is 0 Å². The molecule has 1 aliphatic carbocycles. The zero-order chi connectivity index (χ0) is 29.3. The molecule has 0 radical (unpaired) electrons. The van der Waals surface area contributed by atoms with Crippen molar-refractivity contribution in [2.75, 3.05) is 12.4 Å². The molecule has 4 heterocycles. The van der Waals surface area contributed by atoms with E-state index in [1.165, 1.54) is 10.9 Å². The normalized spacial score (nSPS) is 17.6. The molecule has 12 heteroatoms. The Bertz CT molecular complexity index is 1780. The lowest BCUT2D eigenvalue weighted by Gasteiger charge is -2.34. The highest BCUT2D eigenvalue weighted by molar-refractivity contribution is 5.92. The largest absolute Gasteiger partial charge is 0.368 e. The quantitative estimate of drug-likeness (QED) is 0.240. The number of aryl methyl sites for hydroxylation is 1. The third-order valence-electron chi connectivity index (χ3n) is 7.53. The Hall–Kier alpha value is -4.97. The number of aromatic amines is 1. The van der Waals surface area contributed by atoms with Gasteiger partial charge in [-0.15, -0.1) is 0 Å². The SMILES string of the molecule is COC1(C(=O)N[C@@H](C)c2ccc(-n3cc(F)cn3)nc2)CC=C(c2nc(Nc3cc(C)[nH]n3)c3ccccc3n2)CC1. The number of H-pyrrole nitrogens is 1. The van der Waals surface area contributed by atoms with Crippen molar-refractivity contribution in [2.24, 2.45) is 0 Å². The average Bonchev–Trinajstić information content (AvgIpc) is 3.64. The number of fused-ring (bicyclic) bond motifs is 1. The summed E-state index contributed by atoms with van der Waals surface area (Å²) in [6.45, 7) is 3.82. The van der Waals surface area contributed by atoms with E-state index in [0.29, 0.717) is 42.5 Å². The van der Waals surface area contributed by atoms with Gasteiger partial charge in [-0.1, -0.05) is 24.3 Å². The molecule has 6 rings (SSSR count). The van der Waals surface area contributed by atoms with E-state index in [1.54, 1.807) is 19.4 Å². The number of rotatable bonds is 8. The van der Waals surface area contributed by atoms with Crippen LogP contribution in [0.4, 0.5) is 16.0 Å². The second-order valence-corrected chi connectivity index (χ2v) is 10.4. The highest BCUT2D eigenvalue weighted by Crippen LogP contribution is 2.36. The monoisotopic (exact) mass is 567 g/mol. The molecule has 0 saturated carbocycles. The summed E-state index contributed by atoms with van der Waals surface area (Å²) in [6, 6.07) is 13.0. The number of pyridine rings is 1. The van der Waals surface area contributed by atoms with Crippen molar-refractivity contribution in [1.82, 2.24) is 40.2 Å².